The number of hydrogen-bond donors (Lipinski definition) is 3. The summed E-state index contributed by atoms with van der Waals surface area (Å²) in [6, 6.07) is 8.18. The Kier molecular flexibility index (Phi) is 8.92. The molecule has 1 aromatic rings. The first-order valence-electron chi connectivity index (χ1n) is 10.5. The second-order valence-corrected chi connectivity index (χ2v) is 7.59. The van der Waals surface area contributed by atoms with Crippen molar-refractivity contribution in [1.29, 1.82) is 0 Å². The largest absolute Gasteiger partial charge is 0.493 e. The third-order valence-corrected chi connectivity index (χ3v) is 5.67. The molecule has 3 N–H and O–H groups in total. The van der Waals surface area contributed by atoms with E-state index in [0.29, 0.717) is 6.54 Å². The minimum atomic E-state index is 0.107. The highest BCUT2D eigenvalue weighted by molar-refractivity contribution is 5.79. The second-order valence-electron chi connectivity index (χ2n) is 7.59. The van der Waals surface area contributed by atoms with Gasteiger partial charge in [-0.15, -0.1) is 0 Å². The molecule has 0 heterocycles. The predicted octanol–water partition coefficient (Wildman–Crippen LogP) is 3.72. The average molecular weight is 376 g/mol. The van der Waals surface area contributed by atoms with Crippen molar-refractivity contribution < 1.29 is 9.84 Å². The van der Waals surface area contributed by atoms with Crippen molar-refractivity contribution in [3.63, 3.8) is 0 Å². The topological polar surface area (TPSA) is 65.9 Å². The minimum Gasteiger partial charge on any atom is -0.493 e. The fourth-order valence-electron chi connectivity index (χ4n) is 3.22. The van der Waals surface area contributed by atoms with E-state index in [1.807, 2.05) is 18.2 Å². The summed E-state index contributed by atoms with van der Waals surface area (Å²) in [5.74, 6) is 2.50. The third-order valence-electron chi connectivity index (χ3n) is 5.67. The van der Waals surface area contributed by atoms with E-state index in [1.54, 1.807) is 0 Å². The lowest BCUT2D eigenvalue weighted by Gasteiger charge is -2.32. The van der Waals surface area contributed by atoms with Crippen LogP contribution < -0.4 is 15.4 Å². The normalized spacial score (nSPS) is 14.9. The zero-order chi connectivity index (χ0) is 19.5. The molecule has 1 saturated carbocycles. The summed E-state index contributed by atoms with van der Waals surface area (Å²) in [4.78, 5) is 4.77. The fraction of sp³-hybridized carbons (Fsp3) is 0.682. The van der Waals surface area contributed by atoms with Crippen molar-refractivity contribution in [2.45, 2.75) is 59.4 Å². The Hall–Kier alpha value is -1.75. The van der Waals surface area contributed by atoms with Gasteiger partial charge in [0, 0.05) is 25.3 Å². The Balaban J connectivity index is 2.00. The van der Waals surface area contributed by atoms with Crippen molar-refractivity contribution in [2.75, 3.05) is 26.3 Å². The Bertz CT molecular complexity index is 581. The van der Waals surface area contributed by atoms with Gasteiger partial charge in [0.2, 0.25) is 0 Å². The molecule has 2 rings (SSSR count). The van der Waals surface area contributed by atoms with Crippen LogP contribution in [0.15, 0.2) is 29.3 Å². The van der Waals surface area contributed by atoms with E-state index in [1.165, 1.54) is 12.8 Å². The molecule has 0 aliphatic heterocycles. The molecule has 0 atom stereocenters. The number of para-hydroxylation sites is 1. The molecule has 1 fully saturated rings. The second kappa shape index (κ2) is 11.2. The first-order valence-corrected chi connectivity index (χ1v) is 10.5. The van der Waals surface area contributed by atoms with E-state index in [2.05, 4.69) is 37.5 Å². The maximum Gasteiger partial charge on any atom is 0.191 e. The summed E-state index contributed by atoms with van der Waals surface area (Å²) in [7, 11) is 0. The molecular formula is C22H37N3O2. The molecule has 0 spiro atoms. The van der Waals surface area contributed by atoms with Crippen molar-refractivity contribution in [3.05, 3.63) is 29.8 Å². The van der Waals surface area contributed by atoms with Crippen molar-refractivity contribution in [1.82, 2.24) is 10.6 Å². The molecule has 5 heteroatoms. The van der Waals surface area contributed by atoms with Crippen LogP contribution in [-0.2, 0) is 6.54 Å². The van der Waals surface area contributed by atoms with Gasteiger partial charge in [-0.2, -0.15) is 0 Å². The average Bonchev–Trinajstić information content (AvgIpc) is 3.52. The molecule has 27 heavy (non-hydrogen) atoms. The van der Waals surface area contributed by atoms with Gasteiger partial charge in [0.15, 0.2) is 5.96 Å². The van der Waals surface area contributed by atoms with Crippen LogP contribution in [0.25, 0.3) is 0 Å². The number of hydrogen-bond acceptors (Lipinski definition) is 3. The van der Waals surface area contributed by atoms with E-state index in [9.17, 15) is 5.11 Å². The van der Waals surface area contributed by atoms with Gasteiger partial charge in [0.25, 0.3) is 0 Å². The maximum atomic E-state index is 9.42. The van der Waals surface area contributed by atoms with Crippen LogP contribution in [0, 0.1) is 11.3 Å². The lowest BCUT2D eigenvalue weighted by atomic mass is 9.79. The maximum absolute atomic E-state index is 9.42. The van der Waals surface area contributed by atoms with Gasteiger partial charge in [-0.1, -0.05) is 32.0 Å². The number of aliphatic hydroxyl groups excluding tert-OH is 1. The number of ether oxygens (including phenoxy) is 1. The Morgan fingerprint density at radius 3 is 2.56 bits per heavy atom. The van der Waals surface area contributed by atoms with Gasteiger partial charge in [0.05, 0.1) is 13.2 Å². The standard InChI is InChI=1S/C22H37N3O2/c1-4-22(5-2,13-14-26)17-25-21(23-6-3)24-15-19-9-7-8-10-20(19)27-16-18-11-12-18/h7-10,18,26H,4-6,11-17H2,1-3H3,(H2,23,24,25). The van der Waals surface area contributed by atoms with Crippen molar-refractivity contribution >= 4 is 5.96 Å². The van der Waals surface area contributed by atoms with Crippen LogP contribution in [0.4, 0.5) is 0 Å². The van der Waals surface area contributed by atoms with Crippen LogP contribution >= 0.6 is 0 Å². The molecule has 1 aromatic carbocycles. The third kappa shape index (κ3) is 7.06. The number of aliphatic imine (C=N–C) groups is 1. The summed E-state index contributed by atoms with van der Waals surface area (Å²) in [6.07, 6.45) is 5.46. The van der Waals surface area contributed by atoms with Crippen LogP contribution in [0.3, 0.4) is 0 Å². The van der Waals surface area contributed by atoms with Gasteiger partial charge in [0.1, 0.15) is 5.75 Å². The Labute approximate surface area is 164 Å². The molecule has 0 bridgehead atoms. The minimum absolute atomic E-state index is 0.107. The van der Waals surface area contributed by atoms with Crippen LogP contribution in [0.5, 0.6) is 5.75 Å². The lowest BCUT2D eigenvalue weighted by molar-refractivity contribution is 0.169. The number of guanidine groups is 1. The molecule has 0 aromatic heterocycles. The smallest absolute Gasteiger partial charge is 0.191 e. The number of nitrogens with one attached hydrogen (secondary N) is 2. The van der Waals surface area contributed by atoms with Gasteiger partial charge in [-0.25, -0.2) is 4.99 Å². The summed E-state index contributed by atoms with van der Waals surface area (Å²) in [5.41, 5.74) is 1.22. The van der Waals surface area contributed by atoms with Crippen molar-refractivity contribution in [3.8, 4) is 5.75 Å². The first-order chi connectivity index (χ1) is 13.2. The number of aliphatic hydroxyl groups is 1. The predicted molar refractivity (Wildman–Crippen MR) is 112 cm³/mol. The van der Waals surface area contributed by atoms with Crippen LogP contribution in [0.1, 0.15) is 58.4 Å². The molecule has 5 nitrogen and oxygen atoms in total. The zero-order valence-corrected chi connectivity index (χ0v) is 17.3. The van der Waals surface area contributed by atoms with Gasteiger partial charge in [-0.3, -0.25) is 0 Å². The van der Waals surface area contributed by atoms with E-state index >= 15 is 0 Å². The molecule has 1 aliphatic carbocycles. The highest BCUT2D eigenvalue weighted by atomic mass is 16.5. The quantitative estimate of drug-likeness (QED) is 0.385. The zero-order valence-electron chi connectivity index (χ0n) is 17.3. The molecule has 0 radical (unpaired) electrons. The van der Waals surface area contributed by atoms with Crippen LogP contribution in [-0.4, -0.2) is 37.4 Å². The number of nitrogens with zero attached hydrogens (tertiary/aromatic N) is 1. The number of benzene rings is 1. The fourth-order valence-corrected chi connectivity index (χ4v) is 3.22. The monoisotopic (exact) mass is 375 g/mol. The van der Waals surface area contributed by atoms with E-state index in [0.717, 1.165) is 62.1 Å². The van der Waals surface area contributed by atoms with Crippen LogP contribution in [0.2, 0.25) is 0 Å². The molecular weight excluding hydrogens is 338 g/mol. The van der Waals surface area contributed by atoms with Gasteiger partial charge in [-0.05, 0) is 56.4 Å². The summed E-state index contributed by atoms with van der Waals surface area (Å²) in [5, 5.41) is 16.2. The van der Waals surface area contributed by atoms with Gasteiger partial charge >= 0.3 is 0 Å². The Morgan fingerprint density at radius 1 is 1.19 bits per heavy atom. The summed E-state index contributed by atoms with van der Waals surface area (Å²) < 4.78 is 6.00. The number of rotatable bonds is 12. The first kappa shape index (κ1) is 21.5. The van der Waals surface area contributed by atoms with Gasteiger partial charge < -0.3 is 20.5 Å². The molecule has 152 valence electrons. The summed E-state index contributed by atoms with van der Waals surface area (Å²) >= 11 is 0. The summed E-state index contributed by atoms with van der Waals surface area (Å²) in [6.45, 7) is 9.71. The SMILES string of the molecule is CCNC(=NCc1ccccc1OCC1CC1)NCC(CC)(CC)CCO. The van der Waals surface area contributed by atoms with E-state index in [4.69, 9.17) is 9.73 Å². The molecule has 0 unspecified atom stereocenters. The molecule has 0 saturated heterocycles. The highest BCUT2D eigenvalue weighted by Gasteiger charge is 2.25. The molecule has 0 amide bonds. The van der Waals surface area contributed by atoms with E-state index < -0.39 is 0 Å². The lowest BCUT2D eigenvalue weighted by Crippen LogP contribution is -2.43. The molecule has 1 aliphatic rings. The highest BCUT2D eigenvalue weighted by Crippen LogP contribution is 2.31. The Morgan fingerprint density at radius 2 is 1.93 bits per heavy atom. The van der Waals surface area contributed by atoms with Crippen molar-refractivity contribution in [2.24, 2.45) is 16.3 Å². The van der Waals surface area contributed by atoms with E-state index in [-0.39, 0.29) is 12.0 Å².